The van der Waals surface area contributed by atoms with Gasteiger partial charge in [0.25, 0.3) is 0 Å². The van der Waals surface area contributed by atoms with Crippen molar-refractivity contribution in [2.45, 2.75) is 6.61 Å². The number of carboxylic acids is 1. The monoisotopic (exact) mass is 269 g/mol. The maximum absolute atomic E-state index is 10.8. The molecule has 0 radical (unpaired) electrons. The van der Waals surface area contributed by atoms with E-state index in [1.807, 2.05) is 30.3 Å². The second-order valence-electron chi connectivity index (χ2n) is 4.18. The van der Waals surface area contributed by atoms with Crippen LogP contribution in [-0.4, -0.2) is 25.7 Å². The number of aromatic carboxylic acids is 1. The van der Waals surface area contributed by atoms with Crippen molar-refractivity contribution in [3.05, 3.63) is 59.9 Å². The van der Waals surface area contributed by atoms with E-state index in [1.54, 1.807) is 12.3 Å². The van der Waals surface area contributed by atoms with Gasteiger partial charge in [0.2, 0.25) is 5.88 Å². The lowest BCUT2D eigenvalue weighted by Crippen LogP contribution is -2.02. The van der Waals surface area contributed by atoms with Gasteiger partial charge in [-0.3, -0.25) is 0 Å². The molecule has 1 aromatic carbocycles. The number of benzene rings is 1. The van der Waals surface area contributed by atoms with Crippen molar-refractivity contribution in [1.29, 1.82) is 0 Å². The summed E-state index contributed by atoms with van der Waals surface area (Å²) in [4.78, 5) is 14.8. The zero-order valence-corrected chi connectivity index (χ0v) is 10.4. The summed E-state index contributed by atoms with van der Waals surface area (Å²) >= 11 is 0. The number of fused-ring (bicyclic) bond motifs is 1. The third-order valence-corrected chi connectivity index (χ3v) is 2.75. The minimum atomic E-state index is -1.07. The van der Waals surface area contributed by atoms with Crippen LogP contribution in [0.1, 0.15) is 16.1 Å². The van der Waals surface area contributed by atoms with Crippen molar-refractivity contribution >= 4 is 11.6 Å². The minimum Gasteiger partial charge on any atom is -0.477 e. The quantitative estimate of drug-likeness (QED) is 0.784. The fourth-order valence-corrected chi connectivity index (χ4v) is 1.78. The number of hydrogen-bond acceptors (Lipinski definition) is 4. The van der Waals surface area contributed by atoms with Crippen molar-refractivity contribution in [2.75, 3.05) is 0 Å². The average molecular weight is 269 g/mol. The first-order chi connectivity index (χ1) is 9.72. The maximum Gasteiger partial charge on any atom is 0.354 e. The van der Waals surface area contributed by atoms with Gasteiger partial charge in [0.1, 0.15) is 6.61 Å². The topological polar surface area (TPSA) is 76.7 Å². The SMILES string of the molecule is O=C(O)c1ccn2nc(OCc3ccccc3)cc2n1. The van der Waals surface area contributed by atoms with E-state index in [-0.39, 0.29) is 5.69 Å². The number of ether oxygens (including phenoxy) is 1. The predicted molar refractivity (Wildman–Crippen MR) is 70.7 cm³/mol. The molecule has 0 unspecified atom stereocenters. The van der Waals surface area contributed by atoms with Gasteiger partial charge in [-0.25, -0.2) is 14.3 Å². The fraction of sp³-hybridized carbons (Fsp3) is 0.0714. The summed E-state index contributed by atoms with van der Waals surface area (Å²) in [6.45, 7) is 0.399. The Morgan fingerprint density at radius 1 is 1.25 bits per heavy atom. The zero-order chi connectivity index (χ0) is 13.9. The van der Waals surface area contributed by atoms with Gasteiger partial charge in [-0.05, 0) is 11.6 Å². The smallest absolute Gasteiger partial charge is 0.354 e. The lowest BCUT2D eigenvalue weighted by atomic mass is 10.2. The Kier molecular flexibility index (Phi) is 3.04. The van der Waals surface area contributed by atoms with Crippen LogP contribution in [0.2, 0.25) is 0 Å². The molecule has 3 rings (SSSR count). The average Bonchev–Trinajstić information content (AvgIpc) is 2.88. The Hall–Kier alpha value is -2.89. The van der Waals surface area contributed by atoms with Crippen molar-refractivity contribution in [2.24, 2.45) is 0 Å². The first-order valence-electron chi connectivity index (χ1n) is 5.99. The molecule has 0 atom stereocenters. The molecule has 100 valence electrons. The lowest BCUT2D eigenvalue weighted by molar-refractivity contribution is 0.0690. The van der Waals surface area contributed by atoms with E-state index in [2.05, 4.69) is 10.1 Å². The van der Waals surface area contributed by atoms with Crippen LogP contribution >= 0.6 is 0 Å². The third kappa shape index (κ3) is 2.44. The van der Waals surface area contributed by atoms with Crippen LogP contribution in [0.25, 0.3) is 5.65 Å². The Balaban J connectivity index is 1.80. The Morgan fingerprint density at radius 3 is 2.80 bits per heavy atom. The molecule has 0 saturated carbocycles. The van der Waals surface area contributed by atoms with Crippen molar-refractivity contribution < 1.29 is 14.6 Å². The molecule has 20 heavy (non-hydrogen) atoms. The van der Waals surface area contributed by atoms with Crippen molar-refractivity contribution in [1.82, 2.24) is 14.6 Å². The van der Waals surface area contributed by atoms with E-state index in [1.165, 1.54) is 10.6 Å². The van der Waals surface area contributed by atoms with E-state index in [0.29, 0.717) is 18.1 Å². The molecule has 1 N–H and O–H groups in total. The highest BCUT2D eigenvalue weighted by molar-refractivity contribution is 5.85. The van der Waals surface area contributed by atoms with E-state index >= 15 is 0 Å². The van der Waals surface area contributed by atoms with Gasteiger partial charge < -0.3 is 9.84 Å². The summed E-state index contributed by atoms with van der Waals surface area (Å²) in [5, 5.41) is 13.0. The van der Waals surface area contributed by atoms with Crippen molar-refractivity contribution in [3.8, 4) is 5.88 Å². The first-order valence-corrected chi connectivity index (χ1v) is 5.99. The van der Waals surface area contributed by atoms with Crippen LogP contribution in [0, 0.1) is 0 Å². The molecule has 0 fully saturated rings. The van der Waals surface area contributed by atoms with Crippen LogP contribution in [0.4, 0.5) is 0 Å². The van der Waals surface area contributed by atoms with Crippen LogP contribution in [0.5, 0.6) is 5.88 Å². The number of hydrogen-bond donors (Lipinski definition) is 1. The van der Waals surface area contributed by atoms with Crippen LogP contribution in [-0.2, 0) is 6.61 Å². The minimum absolute atomic E-state index is 0.0213. The highest BCUT2D eigenvalue weighted by atomic mass is 16.5. The van der Waals surface area contributed by atoms with Gasteiger partial charge in [0.05, 0.1) is 0 Å². The highest BCUT2D eigenvalue weighted by Gasteiger charge is 2.08. The highest BCUT2D eigenvalue weighted by Crippen LogP contribution is 2.13. The number of carbonyl (C=O) groups is 1. The summed E-state index contributed by atoms with van der Waals surface area (Å²) in [6.07, 6.45) is 1.54. The molecule has 0 aliphatic heterocycles. The van der Waals surface area contributed by atoms with E-state index in [9.17, 15) is 4.79 Å². The second kappa shape index (κ2) is 5.00. The van der Waals surface area contributed by atoms with Gasteiger partial charge in [-0.1, -0.05) is 30.3 Å². The number of aromatic nitrogens is 3. The van der Waals surface area contributed by atoms with Crippen LogP contribution in [0.15, 0.2) is 48.7 Å². The number of carboxylic acid groups (broad SMARTS) is 1. The summed E-state index contributed by atoms with van der Waals surface area (Å²) < 4.78 is 7.04. The van der Waals surface area contributed by atoms with Crippen LogP contribution in [0.3, 0.4) is 0 Å². The van der Waals surface area contributed by atoms with Gasteiger partial charge >= 0.3 is 5.97 Å². The maximum atomic E-state index is 10.8. The fourth-order valence-electron chi connectivity index (χ4n) is 1.78. The Labute approximate surface area is 114 Å². The first kappa shape index (κ1) is 12.2. The third-order valence-electron chi connectivity index (χ3n) is 2.75. The standard InChI is InChI=1S/C14H11N3O3/c18-14(19)11-6-7-17-12(15-11)8-13(16-17)20-9-10-4-2-1-3-5-10/h1-8H,9H2,(H,18,19). The molecule has 3 aromatic rings. The normalized spacial score (nSPS) is 10.6. The van der Waals surface area contributed by atoms with Crippen LogP contribution < -0.4 is 4.74 Å². The molecular weight excluding hydrogens is 258 g/mol. The summed E-state index contributed by atoms with van der Waals surface area (Å²) in [7, 11) is 0. The summed E-state index contributed by atoms with van der Waals surface area (Å²) in [5.41, 5.74) is 1.45. The second-order valence-corrected chi connectivity index (χ2v) is 4.18. The van der Waals surface area contributed by atoms with Gasteiger partial charge in [-0.2, -0.15) is 0 Å². The van der Waals surface area contributed by atoms with E-state index < -0.39 is 5.97 Å². The van der Waals surface area contributed by atoms with Gasteiger partial charge in [0, 0.05) is 12.3 Å². The van der Waals surface area contributed by atoms with Gasteiger partial charge in [0.15, 0.2) is 11.3 Å². The zero-order valence-electron chi connectivity index (χ0n) is 10.4. The van der Waals surface area contributed by atoms with Gasteiger partial charge in [-0.15, -0.1) is 5.10 Å². The summed E-state index contributed by atoms with van der Waals surface area (Å²) in [6, 6.07) is 12.7. The molecule has 6 heteroatoms. The molecule has 0 saturated heterocycles. The molecule has 0 aliphatic rings. The number of nitrogens with zero attached hydrogens (tertiary/aromatic N) is 3. The van der Waals surface area contributed by atoms with E-state index in [4.69, 9.17) is 9.84 Å². The molecule has 0 amide bonds. The molecule has 0 bridgehead atoms. The molecular formula is C14H11N3O3. The molecule has 2 heterocycles. The Morgan fingerprint density at radius 2 is 2.05 bits per heavy atom. The Bertz CT molecular complexity index is 753. The number of rotatable bonds is 4. The van der Waals surface area contributed by atoms with E-state index in [0.717, 1.165) is 5.56 Å². The molecule has 0 aliphatic carbocycles. The summed E-state index contributed by atoms with van der Waals surface area (Å²) in [5.74, 6) is -0.663. The molecule has 2 aromatic heterocycles. The molecule has 6 nitrogen and oxygen atoms in total. The molecule has 0 spiro atoms. The lowest BCUT2D eigenvalue weighted by Gasteiger charge is -2.01. The van der Waals surface area contributed by atoms with Crippen molar-refractivity contribution in [3.63, 3.8) is 0 Å². The predicted octanol–water partition coefficient (Wildman–Crippen LogP) is 2.01. The largest absolute Gasteiger partial charge is 0.477 e.